The highest BCUT2D eigenvalue weighted by Gasteiger charge is 2.23. The zero-order chi connectivity index (χ0) is 11.6. The zero-order valence-electron chi connectivity index (χ0n) is 9.12. The summed E-state index contributed by atoms with van der Waals surface area (Å²) in [5.41, 5.74) is 1.94. The predicted octanol–water partition coefficient (Wildman–Crippen LogP) is 3.58. The van der Waals surface area contributed by atoms with Crippen molar-refractivity contribution in [2.75, 3.05) is 0 Å². The third-order valence-electron chi connectivity index (χ3n) is 2.47. The first-order valence-corrected chi connectivity index (χ1v) is 5.71. The van der Waals surface area contributed by atoms with Gasteiger partial charge in [-0.25, -0.2) is 0 Å². The molecule has 0 amide bonds. The van der Waals surface area contributed by atoms with E-state index in [1.54, 1.807) is 0 Å². The first-order chi connectivity index (χ1) is 6.93. The van der Waals surface area contributed by atoms with Gasteiger partial charge < -0.3 is 5.11 Å². The zero-order valence-corrected chi connectivity index (χ0v) is 10.7. The van der Waals surface area contributed by atoms with Gasteiger partial charge in [-0.15, -0.1) is 0 Å². The Morgan fingerprint density at radius 3 is 2.40 bits per heavy atom. The van der Waals surface area contributed by atoms with Crippen LogP contribution in [0.4, 0.5) is 0 Å². The van der Waals surface area contributed by atoms with Crippen molar-refractivity contribution in [1.29, 1.82) is 0 Å². The molecule has 82 valence electrons. The summed E-state index contributed by atoms with van der Waals surface area (Å²) in [6.07, 6.45) is 0. The van der Waals surface area contributed by atoms with Crippen LogP contribution >= 0.6 is 15.9 Å². The Kier molecular flexibility index (Phi) is 3.91. The Morgan fingerprint density at radius 1 is 1.40 bits per heavy atom. The van der Waals surface area contributed by atoms with Gasteiger partial charge in [-0.1, -0.05) is 41.9 Å². The maximum absolute atomic E-state index is 11.1. The van der Waals surface area contributed by atoms with Crippen LogP contribution < -0.4 is 0 Å². The summed E-state index contributed by atoms with van der Waals surface area (Å²) >= 11 is 3.41. The third kappa shape index (κ3) is 2.81. The highest BCUT2D eigenvalue weighted by Crippen LogP contribution is 2.27. The Labute approximate surface area is 98.4 Å². The maximum Gasteiger partial charge on any atom is 0.311 e. The number of hydrogen-bond acceptors (Lipinski definition) is 1. The fourth-order valence-corrected chi connectivity index (χ4v) is 1.92. The van der Waals surface area contributed by atoms with Gasteiger partial charge in [-0.2, -0.15) is 0 Å². The van der Waals surface area contributed by atoms with Crippen LogP contribution in [0.15, 0.2) is 22.7 Å². The van der Waals surface area contributed by atoms with Crippen LogP contribution in [-0.2, 0) is 4.79 Å². The molecule has 0 bridgehead atoms. The number of carbonyl (C=O) groups is 1. The predicted molar refractivity (Wildman–Crippen MR) is 64.1 cm³/mol. The Hall–Kier alpha value is -0.830. The van der Waals surface area contributed by atoms with Crippen molar-refractivity contribution in [2.45, 2.75) is 26.7 Å². The molecule has 0 aromatic heterocycles. The smallest absolute Gasteiger partial charge is 0.311 e. The summed E-state index contributed by atoms with van der Waals surface area (Å²) < 4.78 is 1.01. The topological polar surface area (TPSA) is 37.3 Å². The molecule has 0 aliphatic carbocycles. The monoisotopic (exact) mass is 270 g/mol. The van der Waals surface area contributed by atoms with Crippen molar-refractivity contribution in [2.24, 2.45) is 5.92 Å². The second-order valence-corrected chi connectivity index (χ2v) is 4.92. The lowest BCUT2D eigenvalue weighted by atomic mass is 9.88. The molecule has 1 aromatic carbocycles. The molecule has 0 saturated heterocycles. The van der Waals surface area contributed by atoms with Gasteiger partial charge in [0.2, 0.25) is 0 Å². The molecule has 0 fully saturated rings. The van der Waals surface area contributed by atoms with Crippen molar-refractivity contribution < 1.29 is 9.90 Å². The number of benzene rings is 1. The van der Waals surface area contributed by atoms with Gasteiger partial charge >= 0.3 is 5.97 Å². The average molecular weight is 271 g/mol. The summed E-state index contributed by atoms with van der Waals surface area (Å²) in [5, 5.41) is 9.15. The van der Waals surface area contributed by atoms with E-state index in [1.165, 1.54) is 0 Å². The van der Waals surface area contributed by atoms with Crippen LogP contribution in [0.5, 0.6) is 0 Å². The Morgan fingerprint density at radius 2 is 2.00 bits per heavy atom. The van der Waals surface area contributed by atoms with Crippen LogP contribution in [0.25, 0.3) is 0 Å². The van der Waals surface area contributed by atoms with E-state index in [0.29, 0.717) is 0 Å². The molecule has 1 atom stereocenters. The normalized spacial score (nSPS) is 12.9. The Bertz CT molecular complexity index is 372. The summed E-state index contributed by atoms with van der Waals surface area (Å²) in [6.45, 7) is 5.82. The van der Waals surface area contributed by atoms with Gasteiger partial charge in [0.05, 0.1) is 5.92 Å². The van der Waals surface area contributed by atoms with Crippen molar-refractivity contribution in [3.05, 3.63) is 33.8 Å². The molecule has 0 saturated carbocycles. The van der Waals surface area contributed by atoms with Gasteiger partial charge in [-0.3, -0.25) is 4.79 Å². The number of hydrogen-bond donors (Lipinski definition) is 1. The molecule has 1 rings (SSSR count). The van der Waals surface area contributed by atoms with Crippen molar-refractivity contribution in [3.8, 4) is 0 Å². The van der Waals surface area contributed by atoms with Crippen LogP contribution in [-0.4, -0.2) is 11.1 Å². The standard InChI is InChI=1S/C12H15BrO2/c1-7(2)11(12(14)15)9-4-5-10(13)8(3)6-9/h4-7,11H,1-3H3,(H,14,15). The number of carboxylic acids is 1. The van der Waals surface area contributed by atoms with E-state index in [0.717, 1.165) is 15.6 Å². The van der Waals surface area contributed by atoms with Gasteiger partial charge in [0.1, 0.15) is 0 Å². The van der Waals surface area contributed by atoms with Gasteiger partial charge in [-0.05, 0) is 30.0 Å². The van der Waals surface area contributed by atoms with E-state index in [1.807, 2.05) is 39.0 Å². The van der Waals surface area contributed by atoms with Crippen LogP contribution in [0.2, 0.25) is 0 Å². The molecule has 3 heteroatoms. The summed E-state index contributed by atoms with van der Waals surface area (Å²) in [6, 6.07) is 5.71. The summed E-state index contributed by atoms with van der Waals surface area (Å²) in [5.74, 6) is -1.08. The van der Waals surface area contributed by atoms with Gasteiger partial charge in [0, 0.05) is 4.47 Å². The lowest BCUT2D eigenvalue weighted by Crippen LogP contribution is -2.17. The molecule has 1 aromatic rings. The van der Waals surface area contributed by atoms with Crippen LogP contribution in [0.1, 0.15) is 30.9 Å². The molecule has 0 aliphatic heterocycles. The molecule has 0 heterocycles. The molecule has 0 aliphatic rings. The van der Waals surface area contributed by atoms with E-state index in [4.69, 9.17) is 5.11 Å². The summed E-state index contributed by atoms with van der Waals surface area (Å²) in [7, 11) is 0. The highest BCUT2D eigenvalue weighted by molar-refractivity contribution is 9.10. The first-order valence-electron chi connectivity index (χ1n) is 4.92. The molecule has 15 heavy (non-hydrogen) atoms. The van der Waals surface area contributed by atoms with E-state index in [9.17, 15) is 4.79 Å². The van der Waals surface area contributed by atoms with Crippen LogP contribution in [0, 0.1) is 12.8 Å². The minimum atomic E-state index is -0.758. The largest absolute Gasteiger partial charge is 0.481 e. The van der Waals surface area contributed by atoms with Crippen molar-refractivity contribution >= 4 is 21.9 Å². The molecule has 0 spiro atoms. The maximum atomic E-state index is 11.1. The Balaban J connectivity index is 3.12. The van der Waals surface area contributed by atoms with E-state index in [2.05, 4.69) is 15.9 Å². The van der Waals surface area contributed by atoms with Crippen molar-refractivity contribution in [3.63, 3.8) is 0 Å². The fraction of sp³-hybridized carbons (Fsp3) is 0.417. The lowest BCUT2D eigenvalue weighted by Gasteiger charge is -2.17. The lowest BCUT2D eigenvalue weighted by molar-refractivity contribution is -0.139. The first kappa shape index (κ1) is 12.2. The number of halogens is 1. The van der Waals surface area contributed by atoms with E-state index < -0.39 is 11.9 Å². The second-order valence-electron chi connectivity index (χ2n) is 4.07. The van der Waals surface area contributed by atoms with E-state index in [-0.39, 0.29) is 5.92 Å². The molecular weight excluding hydrogens is 256 g/mol. The summed E-state index contributed by atoms with van der Waals surface area (Å²) in [4.78, 5) is 11.1. The SMILES string of the molecule is Cc1cc(C(C(=O)O)C(C)C)ccc1Br. The average Bonchev–Trinajstić information content (AvgIpc) is 2.10. The van der Waals surface area contributed by atoms with Crippen molar-refractivity contribution in [1.82, 2.24) is 0 Å². The van der Waals surface area contributed by atoms with Gasteiger partial charge in [0.25, 0.3) is 0 Å². The second kappa shape index (κ2) is 4.79. The molecule has 2 nitrogen and oxygen atoms in total. The molecular formula is C12H15BrO2. The number of carboxylic acid groups (broad SMARTS) is 1. The fourth-order valence-electron chi connectivity index (χ4n) is 1.67. The molecule has 0 radical (unpaired) electrons. The highest BCUT2D eigenvalue weighted by atomic mass is 79.9. The van der Waals surface area contributed by atoms with Crippen LogP contribution in [0.3, 0.4) is 0 Å². The number of rotatable bonds is 3. The molecule has 1 N–H and O–H groups in total. The quantitative estimate of drug-likeness (QED) is 0.912. The van der Waals surface area contributed by atoms with Gasteiger partial charge in [0.15, 0.2) is 0 Å². The minimum Gasteiger partial charge on any atom is -0.481 e. The molecule has 1 unspecified atom stereocenters. The number of aryl methyl sites for hydroxylation is 1. The number of aliphatic carboxylic acids is 1. The third-order valence-corrected chi connectivity index (χ3v) is 3.36. The minimum absolute atomic E-state index is 0.100. The van der Waals surface area contributed by atoms with E-state index >= 15 is 0 Å².